The van der Waals surface area contributed by atoms with Crippen molar-refractivity contribution in [2.24, 2.45) is 10.8 Å². The Morgan fingerprint density at radius 2 is 1.40 bits per heavy atom. The van der Waals surface area contributed by atoms with Gasteiger partial charge in [-0.05, 0) is 98.5 Å². The molecule has 2 heterocycles. The Balaban J connectivity index is 0.00000705. The summed E-state index contributed by atoms with van der Waals surface area (Å²) in [7, 11) is -3.67. The molecule has 0 bridgehead atoms. The molecule has 0 spiro atoms. The van der Waals surface area contributed by atoms with E-state index in [0.29, 0.717) is 39.5 Å². The second-order valence-electron chi connectivity index (χ2n) is 16.0. The van der Waals surface area contributed by atoms with E-state index < -0.39 is 10.0 Å². The van der Waals surface area contributed by atoms with Gasteiger partial charge in [0.1, 0.15) is 4.90 Å². The fourth-order valence-corrected chi connectivity index (χ4v) is 7.62. The van der Waals surface area contributed by atoms with Crippen molar-refractivity contribution in [1.82, 2.24) is 4.72 Å². The molecule has 6 nitrogen and oxygen atoms in total. The zero-order valence-corrected chi connectivity index (χ0v) is 31.9. The maximum absolute atomic E-state index is 13.9. The highest BCUT2D eigenvalue weighted by Crippen LogP contribution is 2.49. The van der Waals surface area contributed by atoms with Gasteiger partial charge in [-0.2, -0.15) is 0 Å². The number of carbonyl (C=O) groups excluding carboxylic acids is 1. The van der Waals surface area contributed by atoms with Crippen molar-refractivity contribution in [2.45, 2.75) is 119 Å². The summed E-state index contributed by atoms with van der Waals surface area (Å²) in [4.78, 5) is 16.9. The zero-order chi connectivity index (χ0) is 33.6. The first-order chi connectivity index (χ1) is 19.8. The van der Waals surface area contributed by atoms with E-state index in [9.17, 15) is 13.2 Å². The topological polar surface area (TPSA) is 105 Å². The summed E-state index contributed by atoms with van der Waals surface area (Å²) in [6, 6.07) is 1.91. The Labute approximate surface area is 281 Å². The summed E-state index contributed by atoms with van der Waals surface area (Å²) < 4.78 is 35.5. The van der Waals surface area contributed by atoms with Gasteiger partial charge < -0.3 is 5.48 Å². The van der Waals surface area contributed by atoms with Crippen LogP contribution in [-0.4, -0.2) is 25.4 Å². The minimum absolute atomic E-state index is 0. The van der Waals surface area contributed by atoms with Crippen molar-refractivity contribution in [3.63, 3.8) is 0 Å². The third-order valence-corrected chi connectivity index (χ3v) is 11.1. The van der Waals surface area contributed by atoms with Gasteiger partial charge in [0.15, 0.2) is 5.78 Å². The lowest BCUT2D eigenvalue weighted by atomic mass is 9.82. The molecule has 2 aliphatic rings. The van der Waals surface area contributed by atoms with E-state index in [1.807, 2.05) is 19.1 Å². The van der Waals surface area contributed by atoms with Crippen LogP contribution in [0.4, 0.5) is 0 Å². The molecular weight excluding hydrogens is 623 g/mol. The van der Waals surface area contributed by atoms with E-state index >= 15 is 0 Å². The average Bonchev–Trinajstić information content (AvgIpc) is 2.86. The molecule has 0 amide bonds. The van der Waals surface area contributed by atoms with Crippen LogP contribution in [-0.2, 0) is 25.6 Å². The Morgan fingerprint density at radius 1 is 0.867 bits per heavy atom. The summed E-state index contributed by atoms with van der Waals surface area (Å²) in [6.45, 7) is 27.4. The molecule has 0 unspecified atom stereocenters. The van der Waals surface area contributed by atoms with Gasteiger partial charge in [-0.15, -0.1) is 12.6 Å². The molecule has 1 aromatic heterocycles. The first kappa shape index (κ1) is 39.1. The van der Waals surface area contributed by atoms with E-state index in [4.69, 9.17) is 17.0 Å². The molecule has 0 saturated carbocycles. The normalized spacial score (nSPS) is 17.5. The predicted octanol–water partition coefficient (Wildman–Crippen LogP) is 9.74. The third kappa shape index (κ3) is 9.49. The molecule has 1 aromatic rings. The highest BCUT2D eigenvalue weighted by atomic mass is 32.2. The number of carbonyl (C=O) groups is 1. The van der Waals surface area contributed by atoms with Crippen molar-refractivity contribution >= 4 is 46.3 Å². The monoisotopic (exact) mass is 675 g/mol. The molecule has 2 N–H and O–H groups in total. The number of thioether (sulfide) groups is 1. The number of hydrogen-bond donors (Lipinski definition) is 2. The van der Waals surface area contributed by atoms with Gasteiger partial charge in [-0.25, -0.2) is 12.8 Å². The number of rotatable bonds is 7. The Hall–Kier alpha value is -2.07. The molecule has 45 heavy (non-hydrogen) atoms. The smallest absolute Gasteiger partial charge is 0.348 e. The molecule has 0 saturated heterocycles. The second-order valence-corrected chi connectivity index (χ2v) is 19.3. The van der Waals surface area contributed by atoms with Gasteiger partial charge in [0.2, 0.25) is 10.0 Å². The maximum Gasteiger partial charge on any atom is 0.348 e. The van der Waals surface area contributed by atoms with Gasteiger partial charge in [-0.3, -0.25) is 9.52 Å². The van der Waals surface area contributed by atoms with Crippen LogP contribution in [0.25, 0.3) is 6.08 Å². The van der Waals surface area contributed by atoms with Gasteiger partial charge >= 0.3 is 11.5 Å². The Kier molecular flexibility index (Phi) is 11.8. The molecule has 1 aliphatic carbocycles. The van der Waals surface area contributed by atoms with Crippen LogP contribution in [0.15, 0.2) is 65.8 Å². The number of allylic oxidation sites excluding steroid dienone is 8. The van der Waals surface area contributed by atoms with Crippen molar-refractivity contribution in [1.29, 1.82) is 0 Å². The van der Waals surface area contributed by atoms with Crippen LogP contribution in [0.1, 0.15) is 120 Å². The molecule has 0 aromatic carbocycles. The largest absolute Gasteiger partial charge is 0.870 e. The van der Waals surface area contributed by atoms with E-state index in [0.717, 1.165) is 17.8 Å². The van der Waals surface area contributed by atoms with Gasteiger partial charge in [-0.1, -0.05) is 66.6 Å². The number of Topliss-reactive ketones (excluding diaryl/α,β-unsaturated/α-hetero) is 1. The van der Waals surface area contributed by atoms with Gasteiger partial charge in [0.25, 0.3) is 0 Å². The van der Waals surface area contributed by atoms with E-state index in [1.165, 1.54) is 9.81 Å². The number of nitrogens with one attached hydrogen (secondary N) is 1. The van der Waals surface area contributed by atoms with Crippen LogP contribution in [0.3, 0.4) is 0 Å². The minimum Gasteiger partial charge on any atom is -0.870 e. The van der Waals surface area contributed by atoms with Crippen molar-refractivity contribution in [3.8, 4) is 0 Å². The first-order valence-electron chi connectivity index (χ1n) is 15.4. The van der Waals surface area contributed by atoms with Gasteiger partial charge in [0.05, 0.1) is 22.3 Å². The summed E-state index contributed by atoms with van der Waals surface area (Å²) in [5.41, 5.74) is 1.82. The van der Waals surface area contributed by atoms with Crippen molar-refractivity contribution in [3.05, 3.63) is 73.6 Å². The standard InChI is InChI=1S/C36H51NO4S3.H2O/c1-14-15-16-44(39,40)37-29-24(17-22-18-27(34(5,6)7)43-28(19-22)35(8,9)10)30(38)25(29)20-23-21-26(33(2,3)4)41-32(31(23)42)36(11,12)13;/h17-21H,14-16H2,1-13H3,(H-,37,38,42);1H2. The van der Waals surface area contributed by atoms with Crippen LogP contribution >= 0.6 is 24.4 Å². The number of thiol groups is 1. The molecule has 3 rings (SSSR count). The fraction of sp³-hybridized carbons (Fsp3) is 0.556. The molecule has 9 heteroatoms. The zero-order valence-electron chi connectivity index (χ0n) is 29.4. The molecule has 1 aliphatic heterocycles. The van der Waals surface area contributed by atoms with Crippen molar-refractivity contribution < 1.29 is 23.1 Å². The van der Waals surface area contributed by atoms with Crippen LogP contribution in [0.2, 0.25) is 0 Å². The van der Waals surface area contributed by atoms with E-state index in [1.54, 1.807) is 17.8 Å². The van der Waals surface area contributed by atoms with Crippen LogP contribution < -0.4 is 4.72 Å². The second kappa shape index (κ2) is 13.6. The molecule has 0 radical (unpaired) electrons. The van der Waals surface area contributed by atoms with Crippen LogP contribution in [0.5, 0.6) is 0 Å². The summed E-state index contributed by atoms with van der Waals surface area (Å²) in [6.07, 6.45) is 9.09. The molecule has 0 fully saturated rings. The summed E-state index contributed by atoms with van der Waals surface area (Å²) in [5.74, 6) is 1.25. The third-order valence-electron chi connectivity index (χ3n) is 7.36. The lowest BCUT2D eigenvalue weighted by Crippen LogP contribution is -2.36. The highest BCUT2D eigenvalue weighted by Gasteiger charge is 2.39. The molecule has 0 atom stereocenters. The van der Waals surface area contributed by atoms with Crippen LogP contribution in [0, 0.1) is 10.8 Å². The average molecular weight is 676 g/mol. The number of hydrogen-bond acceptors (Lipinski definition) is 6. The van der Waals surface area contributed by atoms with E-state index in [2.05, 4.69) is 100.0 Å². The number of sulfonamides is 1. The number of ketones is 1. The Morgan fingerprint density at radius 3 is 1.84 bits per heavy atom. The summed E-state index contributed by atoms with van der Waals surface area (Å²) >= 11 is 6.62. The lowest BCUT2D eigenvalue weighted by Gasteiger charge is -2.32. The SMILES string of the molecule is CCCCS(=O)(=O)NC1=C(C=C2C=C(C(C)(C)C)SC(C(C)(C)C)=C2)C(=O)C1=Cc1cc(C(C)(C)C)[o+]c(C(C)(C)C)c1S.[OH-]. The summed E-state index contributed by atoms with van der Waals surface area (Å²) in [5, 5.41) is 0. The molecular formula is C36H53NO5S3. The van der Waals surface area contributed by atoms with Gasteiger partial charge in [0, 0.05) is 22.8 Å². The fourth-order valence-electron chi connectivity index (χ4n) is 4.56. The Bertz CT molecular complexity index is 1560. The van der Waals surface area contributed by atoms with E-state index in [-0.39, 0.29) is 38.7 Å². The van der Waals surface area contributed by atoms with Crippen molar-refractivity contribution in [2.75, 3.05) is 5.75 Å². The lowest BCUT2D eigenvalue weighted by molar-refractivity contribution is -0.112. The molecule has 250 valence electrons. The first-order valence-corrected chi connectivity index (χ1v) is 18.3. The number of unbranched alkanes of at least 4 members (excludes halogenated alkanes) is 1. The minimum atomic E-state index is -3.67. The quantitative estimate of drug-likeness (QED) is 0.169. The highest BCUT2D eigenvalue weighted by molar-refractivity contribution is 8.06. The maximum atomic E-state index is 13.9. The predicted molar refractivity (Wildman–Crippen MR) is 192 cm³/mol.